The van der Waals surface area contributed by atoms with Crippen molar-refractivity contribution < 1.29 is 13.2 Å². The number of aromatic nitrogens is 1. The maximum Gasteiger partial charge on any atom is 0.245 e. The molecule has 0 atom stereocenters. The van der Waals surface area contributed by atoms with Gasteiger partial charge in [-0.2, -0.15) is 0 Å². The number of amides is 1. The molecule has 1 N–H and O–H groups in total. The monoisotopic (exact) mass is 443 g/mol. The molecule has 6 nitrogen and oxygen atoms in total. The lowest BCUT2D eigenvalue weighted by atomic mass is 10.1. The van der Waals surface area contributed by atoms with Crippen LogP contribution in [0.4, 0.5) is 11.4 Å². The van der Waals surface area contributed by atoms with Crippen LogP contribution in [0.1, 0.15) is 16.7 Å². The van der Waals surface area contributed by atoms with Crippen LogP contribution in [0.15, 0.2) is 67.0 Å². The van der Waals surface area contributed by atoms with Crippen LogP contribution in [0.3, 0.4) is 0 Å². The first-order valence-corrected chi connectivity index (χ1v) is 11.5. The third kappa shape index (κ3) is 5.81. The number of halogens is 1. The minimum atomic E-state index is -3.67. The SMILES string of the molecule is Cc1ccc(N(CC(=O)Nc2ccc(Cc3ccncc3)cc2)S(C)(=O)=O)cc1Cl. The molecule has 0 unspecified atom stereocenters. The lowest BCUT2D eigenvalue weighted by molar-refractivity contribution is -0.114. The molecular weight excluding hydrogens is 422 g/mol. The van der Waals surface area contributed by atoms with Crippen molar-refractivity contribution in [1.29, 1.82) is 0 Å². The minimum Gasteiger partial charge on any atom is -0.325 e. The Hall–Kier alpha value is -2.90. The van der Waals surface area contributed by atoms with Crippen molar-refractivity contribution in [3.63, 3.8) is 0 Å². The molecule has 1 amide bonds. The van der Waals surface area contributed by atoms with E-state index in [1.54, 1.807) is 42.7 Å². The molecule has 0 saturated heterocycles. The highest BCUT2D eigenvalue weighted by atomic mass is 35.5. The zero-order chi connectivity index (χ0) is 21.7. The largest absolute Gasteiger partial charge is 0.325 e. The van der Waals surface area contributed by atoms with Crippen LogP contribution >= 0.6 is 11.6 Å². The number of hydrogen-bond donors (Lipinski definition) is 1. The highest BCUT2D eigenvalue weighted by molar-refractivity contribution is 7.92. The van der Waals surface area contributed by atoms with Gasteiger partial charge in [0.25, 0.3) is 0 Å². The average molecular weight is 444 g/mol. The lowest BCUT2D eigenvalue weighted by Crippen LogP contribution is -2.37. The first kappa shape index (κ1) is 21.8. The third-order valence-electron chi connectivity index (χ3n) is 4.53. The fourth-order valence-electron chi connectivity index (χ4n) is 2.91. The molecule has 1 heterocycles. The maximum atomic E-state index is 12.5. The fourth-order valence-corrected chi connectivity index (χ4v) is 3.93. The highest BCUT2D eigenvalue weighted by Crippen LogP contribution is 2.25. The number of nitrogens with one attached hydrogen (secondary N) is 1. The van der Waals surface area contributed by atoms with Crippen molar-refractivity contribution in [3.8, 4) is 0 Å². The van der Waals surface area contributed by atoms with Crippen molar-refractivity contribution in [1.82, 2.24) is 4.98 Å². The van der Waals surface area contributed by atoms with Crippen molar-refractivity contribution >= 4 is 38.9 Å². The summed E-state index contributed by atoms with van der Waals surface area (Å²) >= 11 is 6.12. The van der Waals surface area contributed by atoms with Gasteiger partial charge in [0.1, 0.15) is 6.54 Å². The van der Waals surface area contributed by atoms with Gasteiger partial charge < -0.3 is 5.32 Å². The van der Waals surface area contributed by atoms with Crippen molar-refractivity contribution in [2.24, 2.45) is 0 Å². The number of hydrogen-bond acceptors (Lipinski definition) is 4. The van der Waals surface area contributed by atoms with Crippen molar-refractivity contribution in [2.45, 2.75) is 13.3 Å². The van der Waals surface area contributed by atoms with E-state index in [2.05, 4.69) is 10.3 Å². The van der Waals surface area contributed by atoms with Gasteiger partial charge in [-0.25, -0.2) is 8.42 Å². The average Bonchev–Trinajstić information content (AvgIpc) is 2.70. The van der Waals surface area contributed by atoms with Crippen molar-refractivity contribution in [2.75, 3.05) is 22.4 Å². The van der Waals surface area contributed by atoms with Gasteiger partial charge in [0.05, 0.1) is 11.9 Å². The number of aryl methyl sites for hydroxylation is 1. The maximum absolute atomic E-state index is 12.5. The van der Waals surface area contributed by atoms with E-state index in [0.717, 1.165) is 33.7 Å². The normalized spacial score (nSPS) is 11.2. The Morgan fingerprint density at radius 3 is 2.27 bits per heavy atom. The van der Waals surface area contributed by atoms with Crippen LogP contribution in [0.5, 0.6) is 0 Å². The molecule has 0 aliphatic heterocycles. The first-order valence-electron chi connectivity index (χ1n) is 9.24. The quantitative estimate of drug-likeness (QED) is 0.597. The Bertz CT molecular complexity index is 1130. The van der Waals surface area contributed by atoms with Gasteiger partial charge in [-0.3, -0.25) is 14.1 Å². The molecule has 0 aliphatic rings. The molecule has 1 aromatic heterocycles. The second kappa shape index (κ2) is 9.28. The summed E-state index contributed by atoms with van der Waals surface area (Å²) < 4.78 is 25.5. The molecule has 2 aromatic carbocycles. The van der Waals surface area contributed by atoms with E-state index in [9.17, 15) is 13.2 Å². The van der Waals surface area contributed by atoms with Crippen LogP contribution in [-0.4, -0.2) is 32.1 Å². The number of carbonyl (C=O) groups excluding carboxylic acids is 1. The van der Waals surface area contributed by atoms with Gasteiger partial charge in [0.15, 0.2) is 0 Å². The molecule has 3 rings (SSSR count). The van der Waals surface area contributed by atoms with Crippen LogP contribution in [0, 0.1) is 6.92 Å². The number of pyridine rings is 1. The summed E-state index contributed by atoms with van der Waals surface area (Å²) in [6.45, 7) is 1.47. The smallest absolute Gasteiger partial charge is 0.245 e. The Morgan fingerprint density at radius 1 is 1.03 bits per heavy atom. The number of sulfonamides is 1. The fraction of sp³-hybridized carbons (Fsp3) is 0.182. The number of anilines is 2. The summed E-state index contributed by atoms with van der Waals surface area (Å²) in [5, 5.41) is 3.18. The molecule has 0 spiro atoms. The molecule has 0 radical (unpaired) electrons. The topological polar surface area (TPSA) is 79.4 Å². The molecule has 0 fully saturated rings. The standard InChI is InChI=1S/C22H22ClN3O3S/c1-16-3-8-20(14-21(16)23)26(30(2,28)29)15-22(27)25-19-6-4-17(5-7-19)13-18-9-11-24-12-10-18/h3-12,14H,13,15H2,1-2H3,(H,25,27). The molecule has 156 valence electrons. The summed E-state index contributed by atoms with van der Waals surface area (Å²) in [6.07, 6.45) is 5.31. The highest BCUT2D eigenvalue weighted by Gasteiger charge is 2.21. The zero-order valence-electron chi connectivity index (χ0n) is 16.7. The van der Waals surface area contributed by atoms with E-state index in [1.807, 2.05) is 31.2 Å². The first-order chi connectivity index (χ1) is 14.2. The van der Waals surface area contributed by atoms with E-state index in [-0.39, 0.29) is 6.54 Å². The summed E-state index contributed by atoms with van der Waals surface area (Å²) in [5.74, 6) is -0.445. The Kier molecular flexibility index (Phi) is 6.74. The molecule has 0 aliphatic carbocycles. The van der Waals surface area contributed by atoms with Crippen LogP contribution in [-0.2, 0) is 21.2 Å². The van der Waals surface area contributed by atoms with Crippen LogP contribution < -0.4 is 9.62 Å². The molecule has 0 saturated carbocycles. The Labute approximate surface area is 181 Å². The number of nitrogens with zero attached hydrogens (tertiary/aromatic N) is 2. The van der Waals surface area contributed by atoms with Gasteiger partial charge in [0, 0.05) is 23.1 Å². The summed E-state index contributed by atoms with van der Waals surface area (Å²) in [7, 11) is -3.67. The van der Waals surface area contributed by atoms with Gasteiger partial charge in [-0.05, 0) is 66.4 Å². The van der Waals surface area contributed by atoms with E-state index < -0.39 is 15.9 Å². The van der Waals surface area contributed by atoms with Crippen molar-refractivity contribution in [3.05, 3.63) is 88.7 Å². The lowest BCUT2D eigenvalue weighted by Gasteiger charge is -2.22. The summed E-state index contributed by atoms with van der Waals surface area (Å²) in [4.78, 5) is 16.5. The van der Waals surface area contributed by atoms with E-state index in [0.29, 0.717) is 16.4 Å². The molecule has 8 heteroatoms. The third-order valence-corrected chi connectivity index (χ3v) is 6.07. The zero-order valence-corrected chi connectivity index (χ0v) is 18.2. The minimum absolute atomic E-state index is 0.343. The summed E-state index contributed by atoms with van der Waals surface area (Å²) in [5.41, 5.74) is 3.99. The number of rotatable bonds is 7. The van der Waals surface area contributed by atoms with Crippen LogP contribution in [0.25, 0.3) is 0 Å². The predicted octanol–water partition coefficient (Wildman–Crippen LogP) is 4.04. The van der Waals surface area contributed by atoms with E-state index in [4.69, 9.17) is 11.6 Å². The molecular formula is C22H22ClN3O3S. The molecule has 3 aromatic rings. The number of benzene rings is 2. The predicted molar refractivity (Wildman–Crippen MR) is 120 cm³/mol. The van der Waals surface area contributed by atoms with Gasteiger partial charge in [-0.1, -0.05) is 29.8 Å². The Balaban J connectivity index is 1.68. The van der Waals surface area contributed by atoms with E-state index in [1.165, 1.54) is 0 Å². The van der Waals surface area contributed by atoms with Gasteiger partial charge >= 0.3 is 0 Å². The van der Waals surface area contributed by atoms with E-state index >= 15 is 0 Å². The van der Waals surface area contributed by atoms with Crippen LogP contribution in [0.2, 0.25) is 5.02 Å². The number of carbonyl (C=O) groups is 1. The Morgan fingerprint density at radius 2 is 1.67 bits per heavy atom. The van der Waals surface area contributed by atoms with Gasteiger partial charge in [-0.15, -0.1) is 0 Å². The second-order valence-corrected chi connectivity index (χ2v) is 9.29. The molecule has 0 bridgehead atoms. The van der Waals surface area contributed by atoms with Gasteiger partial charge in [0.2, 0.25) is 15.9 Å². The molecule has 30 heavy (non-hydrogen) atoms. The second-order valence-electron chi connectivity index (χ2n) is 6.98. The summed E-state index contributed by atoms with van der Waals surface area (Å²) in [6, 6.07) is 16.2.